The predicted octanol–water partition coefficient (Wildman–Crippen LogP) is 1.12. The molecule has 82 valence electrons. The lowest BCUT2D eigenvalue weighted by Gasteiger charge is -2.08. The van der Waals surface area contributed by atoms with Crippen LogP contribution in [0.2, 0.25) is 0 Å². The lowest BCUT2D eigenvalue weighted by Crippen LogP contribution is -1.98. The molecule has 3 N–H and O–H groups in total. The van der Waals surface area contributed by atoms with Crippen molar-refractivity contribution in [2.75, 3.05) is 7.11 Å². The van der Waals surface area contributed by atoms with Gasteiger partial charge < -0.3 is 20.1 Å². The number of aromatic hydroxyl groups is 2. The molecule has 0 aliphatic heterocycles. The minimum atomic E-state index is -0.954. The van der Waals surface area contributed by atoms with Gasteiger partial charge in [-0.3, -0.25) is 4.79 Å². The molecule has 0 saturated heterocycles. The van der Waals surface area contributed by atoms with E-state index in [0.29, 0.717) is 5.56 Å². The van der Waals surface area contributed by atoms with Gasteiger partial charge in [-0.05, 0) is 18.1 Å². The molecule has 0 radical (unpaired) electrons. The third kappa shape index (κ3) is 2.52. The number of benzene rings is 1. The van der Waals surface area contributed by atoms with E-state index in [1.54, 1.807) is 0 Å². The SMILES string of the molecule is COc1ccc(CCC(=O)O)c(O)c1O. The zero-order valence-corrected chi connectivity index (χ0v) is 8.23. The highest BCUT2D eigenvalue weighted by Crippen LogP contribution is 2.38. The second kappa shape index (κ2) is 4.54. The summed E-state index contributed by atoms with van der Waals surface area (Å²) in [6, 6.07) is 3.00. The molecule has 1 rings (SSSR count). The number of rotatable bonds is 4. The first-order chi connectivity index (χ1) is 7.06. The number of hydrogen-bond acceptors (Lipinski definition) is 4. The highest BCUT2D eigenvalue weighted by molar-refractivity contribution is 5.67. The zero-order chi connectivity index (χ0) is 11.4. The van der Waals surface area contributed by atoms with Crippen LogP contribution in [0, 0.1) is 0 Å². The third-order valence-corrected chi connectivity index (χ3v) is 2.03. The predicted molar refractivity (Wildman–Crippen MR) is 52.3 cm³/mol. The van der Waals surface area contributed by atoms with E-state index in [4.69, 9.17) is 9.84 Å². The van der Waals surface area contributed by atoms with Crippen LogP contribution in [0.15, 0.2) is 12.1 Å². The Balaban J connectivity index is 2.91. The second-order valence-electron chi connectivity index (χ2n) is 3.02. The lowest BCUT2D eigenvalue weighted by atomic mass is 10.1. The third-order valence-electron chi connectivity index (χ3n) is 2.03. The van der Waals surface area contributed by atoms with Crippen LogP contribution in [0.3, 0.4) is 0 Å². The van der Waals surface area contributed by atoms with Gasteiger partial charge in [-0.25, -0.2) is 0 Å². The molecule has 0 aromatic heterocycles. The van der Waals surface area contributed by atoms with Gasteiger partial charge in [0, 0.05) is 6.42 Å². The van der Waals surface area contributed by atoms with Crippen molar-refractivity contribution in [3.63, 3.8) is 0 Å². The standard InChI is InChI=1S/C10H12O5/c1-15-7-4-2-6(3-5-8(11)12)9(13)10(7)14/h2,4,13-14H,3,5H2,1H3,(H,11,12). The van der Waals surface area contributed by atoms with Crippen LogP contribution in [-0.4, -0.2) is 28.4 Å². The monoisotopic (exact) mass is 212 g/mol. The number of phenolic OH excluding ortho intramolecular Hbond substituents is 2. The van der Waals surface area contributed by atoms with Crippen LogP contribution in [0.4, 0.5) is 0 Å². The Labute approximate surface area is 86.5 Å². The Morgan fingerprint density at radius 2 is 2.00 bits per heavy atom. The molecule has 0 aliphatic carbocycles. The van der Waals surface area contributed by atoms with Crippen molar-refractivity contribution in [1.82, 2.24) is 0 Å². The van der Waals surface area contributed by atoms with E-state index in [9.17, 15) is 15.0 Å². The van der Waals surface area contributed by atoms with E-state index < -0.39 is 5.97 Å². The van der Waals surface area contributed by atoms with E-state index >= 15 is 0 Å². The van der Waals surface area contributed by atoms with Crippen molar-refractivity contribution in [2.45, 2.75) is 12.8 Å². The van der Waals surface area contributed by atoms with Gasteiger partial charge in [-0.1, -0.05) is 6.07 Å². The van der Waals surface area contributed by atoms with E-state index in [1.807, 2.05) is 0 Å². The summed E-state index contributed by atoms with van der Waals surface area (Å²) in [5.41, 5.74) is 0.385. The molecule has 1 aromatic rings. The highest BCUT2D eigenvalue weighted by atomic mass is 16.5. The van der Waals surface area contributed by atoms with Crippen molar-refractivity contribution in [2.24, 2.45) is 0 Å². The molecule has 0 atom stereocenters. The Morgan fingerprint density at radius 1 is 1.33 bits per heavy atom. The van der Waals surface area contributed by atoms with E-state index in [0.717, 1.165) is 0 Å². The van der Waals surface area contributed by atoms with Gasteiger partial charge in [0.15, 0.2) is 11.5 Å². The molecule has 0 unspecified atom stereocenters. The van der Waals surface area contributed by atoms with Crippen LogP contribution in [-0.2, 0) is 11.2 Å². The maximum atomic E-state index is 10.3. The molecule has 15 heavy (non-hydrogen) atoms. The van der Waals surface area contributed by atoms with E-state index in [2.05, 4.69) is 0 Å². The molecule has 0 spiro atoms. The van der Waals surface area contributed by atoms with Gasteiger partial charge in [-0.2, -0.15) is 0 Å². The van der Waals surface area contributed by atoms with Gasteiger partial charge in [0.25, 0.3) is 0 Å². The molecular weight excluding hydrogens is 200 g/mol. The Kier molecular flexibility index (Phi) is 3.38. The second-order valence-corrected chi connectivity index (χ2v) is 3.02. The minimum absolute atomic E-state index is 0.0979. The number of phenols is 2. The first-order valence-corrected chi connectivity index (χ1v) is 4.36. The number of ether oxygens (including phenoxy) is 1. The van der Waals surface area contributed by atoms with Crippen molar-refractivity contribution in [1.29, 1.82) is 0 Å². The van der Waals surface area contributed by atoms with Crippen LogP contribution in [0.5, 0.6) is 17.2 Å². The number of aryl methyl sites for hydroxylation is 1. The number of carboxylic acids is 1. The molecule has 0 heterocycles. The summed E-state index contributed by atoms with van der Waals surface area (Å²) in [6.45, 7) is 0. The summed E-state index contributed by atoms with van der Waals surface area (Å²) in [5.74, 6) is -1.48. The number of carboxylic acid groups (broad SMARTS) is 1. The number of methoxy groups -OCH3 is 1. The minimum Gasteiger partial charge on any atom is -0.504 e. The van der Waals surface area contributed by atoms with Crippen molar-refractivity contribution in [3.8, 4) is 17.2 Å². The topological polar surface area (TPSA) is 87.0 Å². The highest BCUT2D eigenvalue weighted by Gasteiger charge is 2.12. The summed E-state index contributed by atoms with van der Waals surface area (Å²) in [4.78, 5) is 10.3. The van der Waals surface area contributed by atoms with Crippen LogP contribution < -0.4 is 4.74 Å². The number of aliphatic carboxylic acids is 1. The van der Waals surface area contributed by atoms with Crippen LogP contribution in [0.1, 0.15) is 12.0 Å². The van der Waals surface area contributed by atoms with E-state index in [1.165, 1.54) is 19.2 Å². The summed E-state index contributed by atoms with van der Waals surface area (Å²) >= 11 is 0. The first kappa shape index (κ1) is 11.2. The van der Waals surface area contributed by atoms with Gasteiger partial charge in [0.05, 0.1) is 7.11 Å². The maximum Gasteiger partial charge on any atom is 0.303 e. The number of hydrogen-bond donors (Lipinski definition) is 3. The maximum absolute atomic E-state index is 10.3. The largest absolute Gasteiger partial charge is 0.504 e. The van der Waals surface area contributed by atoms with Crippen LogP contribution >= 0.6 is 0 Å². The Morgan fingerprint density at radius 3 is 2.53 bits per heavy atom. The summed E-state index contributed by atoms with van der Waals surface area (Å²) < 4.78 is 4.78. The molecule has 0 bridgehead atoms. The Hall–Kier alpha value is -1.91. The van der Waals surface area contributed by atoms with Crippen molar-refractivity contribution >= 4 is 5.97 Å². The fourth-order valence-corrected chi connectivity index (χ4v) is 1.21. The normalized spacial score (nSPS) is 9.93. The van der Waals surface area contributed by atoms with Gasteiger partial charge in [0.2, 0.25) is 5.75 Å². The van der Waals surface area contributed by atoms with Gasteiger partial charge in [0.1, 0.15) is 0 Å². The molecule has 1 aromatic carbocycles. The number of carbonyl (C=O) groups is 1. The summed E-state index contributed by atoms with van der Waals surface area (Å²) in [6.07, 6.45) is 0.0675. The average molecular weight is 212 g/mol. The van der Waals surface area contributed by atoms with E-state index in [-0.39, 0.29) is 30.1 Å². The molecule has 0 aliphatic rings. The molecular formula is C10H12O5. The van der Waals surface area contributed by atoms with Crippen LogP contribution in [0.25, 0.3) is 0 Å². The lowest BCUT2D eigenvalue weighted by molar-refractivity contribution is -0.136. The van der Waals surface area contributed by atoms with Gasteiger partial charge >= 0.3 is 5.97 Å². The molecule has 5 nitrogen and oxygen atoms in total. The fraction of sp³-hybridized carbons (Fsp3) is 0.300. The zero-order valence-electron chi connectivity index (χ0n) is 8.23. The van der Waals surface area contributed by atoms with Gasteiger partial charge in [-0.15, -0.1) is 0 Å². The average Bonchev–Trinajstić information content (AvgIpc) is 2.20. The molecule has 5 heteroatoms. The Bertz CT molecular complexity index is 372. The fourth-order valence-electron chi connectivity index (χ4n) is 1.21. The first-order valence-electron chi connectivity index (χ1n) is 4.36. The molecule has 0 saturated carbocycles. The molecule has 0 fully saturated rings. The van der Waals surface area contributed by atoms with Crippen molar-refractivity contribution in [3.05, 3.63) is 17.7 Å². The van der Waals surface area contributed by atoms with Crippen molar-refractivity contribution < 1.29 is 24.9 Å². The smallest absolute Gasteiger partial charge is 0.303 e. The summed E-state index contributed by atoms with van der Waals surface area (Å²) in [7, 11) is 1.37. The summed E-state index contributed by atoms with van der Waals surface area (Å²) in [5, 5.41) is 27.4. The quantitative estimate of drug-likeness (QED) is 0.651. The molecule has 0 amide bonds.